The minimum atomic E-state index is -3.29. The van der Waals surface area contributed by atoms with Crippen LogP contribution in [0.5, 0.6) is 5.75 Å². The Kier molecular flexibility index (Phi) is 8.10. The number of ether oxygens (including phenoxy) is 1. The lowest BCUT2D eigenvalue weighted by atomic mass is 10.0. The molecule has 0 aliphatic rings. The maximum Gasteiger partial charge on any atom is 0.387 e. The molecule has 2 aromatic heterocycles. The molecule has 4 N–H and O–H groups in total. The number of fused-ring (bicyclic) bond motifs is 1. The van der Waals surface area contributed by atoms with Crippen LogP contribution in [0, 0.1) is 11.6 Å². The van der Waals surface area contributed by atoms with Gasteiger partial charge >= 0.3 is 6.61 Å². The maximum absolute atomic E-state index is 14.7. The van der Waals surface area contributed by atoms with Gasteiger partial charge in [0.25, 0.3) is 5.91 Å². The number of nitrogens with zero attached hydrogens (tertiary/aromatic N) is 3. The number of rotatable bonds is 10. The highest BCUT2D eigenvalue weighted by Gasteiger charge is 2.21. The molecule has 0 bridgehead atoms. The van der Waals surface area contributed by atoms with Gasteiger partial charge in [0.2, 0.25) is 5.82 Å². The Balaban J connectivity index is 1.63. The second kappa shape index (κ2) is 11.5. The normalized spacial score (nSPS) is 12.1. The van der Waals surface area contributed by atoms with E-state index in [1.54, 1.807) is 12.1 Å². The third-order valence-corrected chi connectivity index (χ3v) is 5.94. The van der Waals surface area contributed by atoms with Gasteiger partial charge in [-0.15, -0.1) is 0 Å². The van der Waals surface area contributed by atoms with Crippen LogP contribution >= 0.6 is 0 Å². The number of benzene rings is 2. The highest BCUT2D eigenvalue weighted by Crippen LogP contribution is 2.32. The number of alkyl halides is 2. The van der Waals surface area contributed by atoms with Gasteiger partial charge in [-0.3, -0.25) is 9.20 Å². The molecule has 1 unspecified atom stereocenters. The van der Waals surface area contributed by atoms with Crippen molar-refractivity contribution in [2.24, 2.45) is 5.73 Å². The van der Waals surface area contributed by atoms with Crippen molar-refractivity contribution in [2.75, 3.05) is 11.9 Å². The summed E-state index contributed by atoms with van der Waals surface area (Å²) in [5, 5.41) is 6.09. The summed E-state index contributed by atoms with van der Waals surface area (Å²) in [5.74, 6) is -3.63. The smallest absolute Gasteiger partial charge is 0.387 e. The van der Waals surface area contributed by atoms with Crippen molar-refractivity contribution >= 4 is 23.1 Å². The lowest BCUT2D eigenvalue weighted by Crippen LogP contribution is -2.34. The van der Waals surface area contributed by atoms with E-state index in [4.69, 9.17) is 5.73 Å². The largest absolute Gasteiger partial charge is 0.432 e. The molecular weight excluding hydrogens is 504 g/mol. The monoisotopic (exact) mass is 530 g/mol. The number of nitrogens with two attached hydrogens (primary N) is 1. The second-order valence-electron chi connectivity index (χ2n) is 8.53. The van der Waals surface area contributed by atoms with Crippen LogP contribution in [0.25, 0.3) is 16.9 Å². The number of anilines is 2. The van der Waals surface area contributed by atoms with Gasteiger partial charge in [-0.25, -0.2) is 14.4 Å². The van der Waals surface area contributed by atoms with E-state index in [0.29, 0.717) is 42.1 Å². The van der Waals surface area contributed by atoms with E-state index in [2.05, 4.69) is 25.3 Å². The summed E-state index contributed by atoms with van der Waals surface area (Å²) in [6.07, 6.45) is 5.55. The Morgan fingerprint density at radius 3 is 2.66 bits per heavy atom. The molecule has 12 heteroatoms. The first-order valence-corrected chi connectivity index (χ1v) is 11.9. The van der Waals surface area contributed by atoms with Crippen LogP contribution in [0.1, 0.15) is 36.2 Å². The number of carbonyl (C=O) groups is 1. The molecule has 0 aliphatic carbocycles. The summed E-state index contributed by atoms with van der Waals surface area (Å²) in [5.41, 5.74) is 7.87. The molecule has 0 saturated carbocycles. The first kappa shape index (κ1) is 26.9. The van der Waals surface area contributed by atoms with Crippen LogP contribution in [-0.2, 0) is 6.42 Å². The van der Waals surface area contributed by atoms with Gasteiger partial charge in [-0.05, 0) is 62.2 Å². The fraction of sp³-hybridized carbons (Fsp3) is 0.269. The third-order valence-electron chi connectivity index (χ3n) is 5.94. The van der Waals surface area contributed by atoms with E-state index < -0.39 is 24.0 Å². The molecule has 0 radical (unpaired) electrons. The second-order valence-corrected chi connectivity index (χ2v) is 8.53. The highest BCUT2D eigenvalue weighted by atomic mass is 19.3. The minimum absolute atomic E-state index is 0.0576. The Bertz CT molecular complexity index is 1460. The fourth-order valence-electron chi connectivity index (χ4n) is 4.07. The number of nitrogens with one attached hydrogen (secondary N) is 2. The molecule has 200 valence electrons. The molecular formula is C26H26F4N6O2. The fourth-order valence-corrected chi connectivity index (χ4v) is 4.07. The predicted molar refractivity (Wildman–Crippen MR) is 135 cm³/mol. The van der Waals surface area contributed by atoms with Crippen molar-refractivity contribution in [1.29, 1.82) is 0 Å². The Labute approximate surface area is 215 Å². The van der Waals surface area contributed by atoms with Gasteiger partial charge < -0.3 is 21.1 Å². The third kappa shape index (κ3) is 5.54. The number of carbonyl (C=O) groups excluding carboxylic acids is 1. The topological polar surface area (TPSA) is 107 Å². The van der Waals surface area contributed by atoms with Crippen LogP contribution < -0.4 is 21.1 Å². The minimum Gasteiger partial charge on any atom is -0.432 e. The van der Waals surface area contributed by atoms with Gasteiger partial charge in [-0.2, -0.15) is 13.2 Å². The summed E-state index contributed by atoms with van der Waals surface area (Å²) < 4.78 is 59.5. The lowest BCUT2D eigenvalue weighted by Gasteiger charge is -2.16. The van der Waals surface area contributed by atoms with Gasteiger partial charge in [0, 0.05) is 35.2 Å². The Morgan fingerprint density at radius 2 is 1.95 bits per heavy atom. The molecule has 1 atom stereocenters. The van der Waals surface area contributed by atoms with Crippen molar-refractivity contribution < 1.29 is 27.1 Å². The van der Waals surface area contributed by atoms with Crippen molar-refractivity contribution in [3.63, 3.8) is 0 Å². The van der Waals surface area contributed by atoms with Crippen molar-refractivity contribution in [1.82, 2.24) is 19.7 Å². The summed E-state index contributed by atoms with van der Waals surface area (Å²) in [6, 6.07) is 7.28. The number of aryl methyl sites for hydroxylation is 1. The molecule has 0 fully saturated rings. The van der Waals surface area contributed by atoms with Crippen LogP contribution in [0.2, 0.25) is 0 Å². The van der Waals surface area contributed by atoms with E-state index in [0.717, 1.165) is 17.7 Å². The van der Waals surface area contributed by atoms with Gasteiger partial charge in [0.15, 0.2) is 23.0 Å². The molecule has 38 heavy (non-hydrogen) atoms. The zero-order valence-corrected chi connectivity index (χ0v) is 20.6. The first-order chi connectivity index (χ1) is 18.2. The van der Waals surface area contributed by atoms with Crippen molar-refractivity contribution in [3.05, 3.63) is 71.7 Å². The van der Waals surface area contributed by atoms with Gasteiger partial charge in [-0.1, -0.05) is 6.92 Å². The van der Waals surface area contributed by atoms with E-state index in [-0.39, 0.29) is 23.2 Å². The standard InChI is InChI=1S/C26H26F4N6O2/c1-3-15-12-16(4-5-17(15)25(37)34-14(2)8-9-31)35-23-24-33-13-19(36(24)11-10-32-23)18-6-7-20(38-26(29)30)22(28)21(18)27/h4-7,10-14,26H,3,8-9,31H2,1-2H3,(H,32,35)(H,34,37). The summed E-state index contributed by atoms with van der Waals surface area (Å²) in [4.78, 5) is 21.3. The van der Waals surface area contributed by atoms with E-state index in [1.807, 2.05) is 19.9 Å². The van der Waals surface area contributed by atoms with Crippen LogP contribution in [-0.4, -0.2) is 39.5 Å². The number of hydrogen-bond donors (Lipinski definition) is 3. The average Bonchev–Trinajstić information content (AvgIpc) is 3.31. The van der Waals surface area contributed by atoms with Gasteiger partial charge in [0.1, 0.15) is 0 Å². The van der Waals surface area contributed by atoms with Crippen LogP contribution in [0.15, 0.2) is 48.9 Å². The van der Waals surface area contributed by atoms with E-state index in [1.165, 1.54) is 23.0 Å². The van der Waals surface area contributed by atoms with Crippen LogP contribution in [0.4, 0.5) is 29.1 Å². The van der Waals surface area contributed by atoms with Crippen molar-refractivity contribution in [3.8, 4) is 17.0 Å². The lowest BCUT2D eigenvalue weighted by molar-refractivity contribution is -0.0525. The molecule has 0 aliphatic heterocycles. The molecule has 8 nitrogen and oxygen atoms in total. The molecule has 4 aromatic rings. The maximum atomic E-state index is 14.7. The molecule has 2 aromatic carbocycles. The van der Waals surface area contributed by atoms with Crippen LogP contribution in [0.3, 0.4) is 0 Å². The summed E-state index contributed by atoms with van der Waals surface area (Å²) >= 11 is 0. The SMILES string of the molecule is CCc1cc(Nc2nccn3c(-c4ccc(OC(F)F)c(F)c4F)cnc23)ccc1C(=O)NC(C)CCN. The zero-order valence-electron chi connectivity index (χ0n) is 20.6. The number of aromatic nitrogens is 3. The molecule has 1 amide bonds. The first-order valence-electron chi connectivity index (χ1n) is 11.9. The Morgan fingerprint density at radius 1 is 1.16 bits per heavy atom. The Hall–Kier alpha value is -4.19. The highest BCUT2D eigenvalue weighted by molar-refractivity contribution is 5.96. The van der Waals surface area contributed by atoms with Crippen molar-refractivity contribution in [2.45, 2.75) is 39.3 Å². The molecule has 2 heterocycles. The molecule has 0 saturated heterocycles. The van der Waals surface area contributed by atoms with Gasteiger partial charge in [0.05, 0.1) is 11.9 Å². The average molecular weight is 531 g/mol. The number of imidazole rings is 1. The predicted octanol–water partition coefficient (Wildman–Crippen LogP) is 5.05. The number of halogens is 4. The van der Waals surface area contributed by atoms with E-state index in [9.17, 15) is 22.4 Å². The molecule has 4 rings (SSSR count). The number of hydrogen-bond acceptors (Lipinski definition) is 6. The number of amides is 1. The summed E-state index contributed by atoms with van der Waals surface area (Å²) in [6.45, 7) is 1.01. The quantitative estimate of drug-likeness (QED) is 0.248. The van der Waals surface area contributed by atoms with E-state index >= 15 is 0 Å². The molecule has 0 spiro atoms. The zero-order chi connectivity index (χ0) is 27.4. The summed E-state index contributed by atoms with van der Waals surface area (Å²) in [7, 11) is 0.